The van der Waals surface area contributed by atoms with Crippen molar-refractivity contribution in [3.05, 3.63) is 370 Å². The number of fused-ring (bicyclic) bond motifs is 10. The fraction of sp³-hybridized carbons (Fsp3) is 0. The van der Waals surface area contributed by atoms with Crippen LogP contribution in [0.3, 0.4) is 0 Å². The van der Waals surface area contributed by atoms with Gasteiger partial charge in [0.2, 0.25) is 0 Å². The Morgan fingerprint density at radius 3 is 1.39 bits per heavy atom. The summed E-state index contributed by atoms with van der Waals surface area (Å²) in [7, 11) is 0. The SMILES string of the molecule is c1ccc(-c2cc(N(c3ccc(-c4ccc5sc6ccccc6c5c4)cc3)c3ccc4c(-c5ccc(N(c6ccccc6)c6ccccc6)c6oc7c(N(c8ccccc8)c8ccccc8)cccc7c56)cccc4c3)ccc2-c2ccc(-c3ccc4c(c3)oc3ccccc34)cc2)cc1. The van der Waals surface area contributed by atoms with Gasteiger partial charge < -0.3 is 23.5 Å². The van der Waals surface area contributed by atoms with Gasteiger partial charge in [0.25, 0.3) is 0 Å². The van der Waals surface area contributed by atoms with Gasteiger partial charge in [0.15, 0.2) is 11.2 Å². The van der Waals surface area contributed by atoms with Crippen LogP contribution in [-0.2, 0) is 0 Å². The molecule has 3 heterocycles. The largest absolute Gasteiger partial charge is 0.456 e. The van der Waals surface area contributed by atoms with Crippen molar-refractivity contribution in [1.29, 1.82) is 0 Å². The summed E-state index contributed by atoms with van der Waals surface area (Å²) in [5, 5.41) is 9.11. The summed E-state index contributed by atoms with van der Waals surface area (Å²) in [4.78, 5) is 7.04. The highest BCUT2D eigenvalue weighted by Gasteiger charge is 2.27. The van der Waals surface area contributed by atoms with E-state index in [1.807, 2.05) is 23.5 Å². The molecule has 0 radical (unpaired) electrons. The lowest BCUT2D eigenvalue weighted by Crippen LogP contribution is -2.10. The molecule has 100 heavy (non-hydrogen) atoms. The third kappa shape index (κ3) is 10.2. The summed E-state index contributed by atoms with van der Waals surface area (Å²) in [5.74, 6) is 0. The smallest absolute Gasteiger partial charge is 0.160 e. The van der Waals surface area contributed by atoms with Crippen LogP contribution in [0.25, 0.3) is 130 Å². The van der Waals surface area contributed by atoms with Gasteiger partial charge in [-0.1, -0.05) is 237 Å². The first-order valence-electron chi connectivity index (χ1n) is 33.9. The Hall–Kier alpha value is -13.0. The standard InChI is InChI=1S/C94H61N3O2S/c1-6-22-64(23-7-1)84-61-75(51-53-76(84)65-42-40-62(41-43-65)67-46-52-80-79-33-16-18-38-88(79)98-89(80)60-67)95(73-48-44-63(45-49-73)66-47-57-91-85(59-66)81-34-17-19-39-90(81)100-91)74-50-54-77-68(58-74)24-20-35-78(77)82-55-56-87(97(71-29-12-4-13-30-71)72-31-14-5-15-32-72)94-92(82)83-36-21-37-86(93(83)99-94)96(69-25-8-2-9-26-69)70-27-10-3-11-28-70/h1-61H. The number of para-hydroxylation sites is 6. The highest BCUT2D eigenvalue weighted by Crippen LogP contribution is 2.51. The maximum Gasteiger partial charge on any atom is 0.160 e. The topological polar surface area (TPSA) is 36.0 Å². The molecule has 0 saturated heterocycles. The molecule has 0 aliphatic carbocycles. The maximum atomic E-state index is 7.58. The van der Waals surface area contributed by atoms with Gasteiger partial charge in [0.1, 0.15) is 11.2 Å². The molecule has 0 fully saturated rings. The summed E-state index contributed by atoms with van der Waals surface area (Å²) < 4.78 is 16.5. The molecule has 0 aliphatic rings. The van der Waals surface area contributed by atoms with Gasteiger partial charge in [0.05, 0.1) is 11.4 Å². The van der Waals surface area contributed by atoms with E-state index in [2.05, 4.69) is 373 Å². The summed E-state index contributed by atoms with van der Waals surface area (Å²) in [6.45, 7) is 0. The van der Waals surface area contributed by atoms with Crippen LogP contribution in [0, 0.1) is 0 Å². The molecule has 0 amide bonds. The molecule has 0 N–H and O–H groups in total. The van der Waals surface area contributed by atoms with Crippen molar-refractivity contribution in [3.8, 4) is 55.6 Å². The first-order chi connectivity index (χ1) is 49.6. The predicted octanol–water partition coefficient (Wildman–Crippen LogP) is 27.8. The Kier molecular flexibility index (Phi) is 14.3. The highest BCUT2D eigenvalue weighted by atomic mass is 32.1. The minimum absolute atomic E-state index is 0.787. The highest BCUT2D eigenvalue weighted by molar-refractivity contribution is 7.25. The molecule has 19 aromatic rings. The third-order valence-electron chi connectivity index (χ3n) is 19.6. The molecule has 0 bridgehead atoms. The number of nitrogens with zero attached hydrogens (tertiary/aromatic N) is 3. The van der Waals surface area contributed by atoms with Crippen molar-refractivity contribution in [1.82, 2.24) is 0 Å². The first kappa shape index (κ1) is 58.4. The summed E-state index contributed by atoms with van der Waals surface area (Å²) in [6.07, 6.45) is 0. The van der Waals surface area contributed by atoms with Crippen LogP contribution in [0.15, 0.2) is 379 Å². The fourth-order valence-corrected chi connectivity index (χ4v) is 16.0. The number of thiophene rings is 1. The molecule has 0 spiro atoms. The van der Waals surface area contributed by atoms with E-state index in [1.165, 1.54) is 25.7 Å². The van der Waals surface area contributed by atoms with E-state index in [9.17, 15) is 0 Å². The van der Waals surface area contributed by atoms with Crippen molar-refractivity contribution in [2.24, 2.45) is 0 Å². The normalized spacial score (nSPS) is 11.6. The van der Waals surface area contributed by atoms with Crippen LogP contribution in [0.2, 0.25) is 0 Å². The van der Waals surface area contributed by atoms with E-state index in [1.54, 1.807) is 0 Å². The van der Waals surface area contributed by atoms with Gasteiger partial charge >= 0.3 is 0 Å². The van der Waals surface area contributed by atoms with Crippen LogP contribution in [0.4, 0.5) is 51.2 Å². The molecule has 0 aliphatic heterocycles. The van der Waals surface area contributed by atoms with Crippen LogP contribution in [0.1, 0.15) is 0 Å². The molecule has 3 aromatic heterocycles. The zero-order chi connectivity index (χ0) is 66.0. The molecular weight excluding hydrogens is 1240 g/mol. The number of benzene rings is 16. The van der Waals surface area contributed by atoms with Crippen molar-refractivity contribution < 1.29 is 8.83 Å². The monoisotopic (exact) mass is 1300 g/mol. The first-order valence-corrected chi connectivity index (χ1v) is 34.8. The zero-order valence-corrected chi connectivity index (χ0v) is 55.1. The second-order valence-electron chi connectivity index (χ2n) is 25.5. The molecule has 0 saturated carbocycles. The van der Waals surface area contributed by atoms with Gasteiger partial charge in [0, 0.05) is 81.5 Å². The number of anilines is 9. The van der Waals surface area contributed by atoms with Crippen molar-refractivity contribution in [2.45, 2.75) is 0 Å². The van der Waals surface area contributed by atoms with E-state index < -0.39 is 0 Å². The lowest BCUT2D eigenvalue weighted by molar-refractivity contribution is 0.669. The average molecular weight is 1300 g/mol. The van der Waals surface area contributed by atoms with E-state index >= 15 is 0 Å². The molecule has 19 rings (SSSR count). The summed E-state index contributed by atoms with van der Waals surface area (Å²) in [6, 6.07) is 134. The Balaban J connectivity index is 0.771. The Morgan fingerprint density at radius 2 is 0.690 bits per heavy atom. The number of furan rings is 2. The van der Waals surface area contributed by atoms with Gasteiger partial charge in [-0.15, -0.1) is 11.3 Å². The Bertz CT molecular complexity index is 6190. The van der Waals surface area contributed by atoms with Gasteiger partial charge in [-0.05, 0) is 200 Å². The minimum atomic E-state index is 0.787. The minimum Gasteiger partial charge on any atom is -0.456 e. The fourth-order valence-electron chi connectivity index (χ4n) is 14.9. The van der Waals surface area contributed by atoms with Crippen LogP contribution < -0.4 is 14.7 Å². The summed E-state index contributed by atoms with van der Waals surface area (Å²) >= 11 is 1.85. The average Bonchev–Trinajstić information content (AvgIpc) is 1.53. The zero-order valence-electron chi connectivity index (χ0n) is 54.3. The van der Waals surface area contributed by atoms with Crippen molar-refractivity contribution >= 4 is 137 Å². The number of rotatable bonds is 14. The quantitative estimate of drug-likeness (QED) is 0.108. The molecule has 0 unspecified atom stereocenters. The van der Waals surface area contributed by atoms with Crippen LogP contribution >= 0.6 is 11.3 Å². The van der Waals surface area contributed by atoms with Gasteiger partial charge in [-0.25, -0.2) is 0 Å². The van der Waals surface area contributed by atoms with E-state index in [4.69, 9.17) is 8.83 Å². The Labute approximate surface area is 582 Å². The third-order valence-corrected chi connectivity index (χ3v) is 20.8. The van der Waals surface area contributed by atoms with Crippen LogP contribution in [-0.4, -0.2) is 0 Å². The van der Waals surface area contributed by atoms with Crippen LogP contribution in [0.5, 0.6) is 0 Å². The van der Waals surface area contributed by atoms with Crippen molar-refractivity contribution in [3.63, 3.8) is 0 Å². The second kappa shape index (κ2) is 24.6. The number of hydrogen-bond acceptors (Lipinski definition) is 6. The second-order valence-corrected chi connectivity index (χ2v) is 26.6. The molecule has 0 atom stereocenters. The molecular formula is C94H61N3O2S. The van der Waals surface area contributed by atoms with E-state index in [-0.39, 0.29) is 0 Å². The molecule has 6 heteroatoms. The van der Waals surface area contributed by atoms with Gasteiger partial charge in [-0.2, -0.15) is 0 Å². The summed E-state index contributed by atoms with van der Waals surface area (Å²) in [5.41, 5.74) is 23.8. The molecule has 16 aromatic carbocycles. The van der Waals surface area contributed by atoms with E-state index in [0.29, 0.717) is 0 Å². The van der Waals surface area contributed by atoms with E-state index in [0.717, 1.165) is 156 Å². The predicted molar refractivity (Wildman–Crippen MR) is 423 cm³/mol. The lowest BCUT2D eigenvalue weighted by Gasteiger charge is -2.27. The Morgan fingerprint density at radius 1 is 0.210 bits per heavy atom. The molecule has 5 nitrogen and oxygen atoms in total. The molecule has 470 valence electrons. The lowest BCUT2D eigenvalue weighted by atomic mass is 9.92. The van der Waals surface area contributed by atoms with Gasteiger partial charge in [-0.3, -0.25) is 0 Å². The van der Waals surface area contributed by atoms with Crippen molar-refractivity contribution in [2.75, 3.05) is 14.7 Å². The number of hydrogen-bond donors (Lipinski definition) is 0. The maximum absolute atomic E-state index is 7.58.